The van der Waals surface area contributed by atoms with Crippen molar-refractivity contribution in [2.75, 3.05) is 7.11 Å². The number of nitrogens with zero attached hydrogens (tertiary/aromatic N) is 2. The van der Waals surface area contributed by atoms with Crippen molar-refractivity contribution in [2.24, 2.45) is 11.0 Å². The standard InChI is InChI=1S/C28H26ClIN4O4/c1-17(2)25(33-27(35)19-8-10-22(29)11-9-19)28(36)34-32-15-18-12-23(30)26(24(13-18)37-3)38-16-21-7-5-4-6-20(21)14-31/h4-13,15,17,25H,16H2,1-3H3,(H,33,35)(H,34,36)/b32-15+. The fraction of sp³-hybridized carbons (Fsp3) is 0.214. The summed E-state index contributed by atoms with van der Waals surface area (Å²) in [5.74, 6) is 0.00871. The summed E-state index contributed by atoms with van der Waals surface area (Å²) in [4.78, 5) is 25.4. The first-order valence-electron chi connectivity index (χ1n) is 11.6. The van der Waals surface area contributed by atoms with Crippen LogP contribution in [0.2, 0.25) is 5.02 Å². The van der Waals surface area contributed by atoms with E-state index < -0.39 is 11.9 Å². The summed E-state index contributed by atoms with van der Waals surface area (Å²) in [6.45, 7) is 3.87. The second kappa shape index (κ2) is 13.8. The van der Waals surface area contributed by atoms with E-state index in [0.717, 1.165) is 9.13 Å². The summed E-state index contributed by atoms with van der Waals surface area (Å²) in [5, 5.41) is 16.6. The zero-order valence-electron chi connectivity index (χ0n) is 21.0. The van der Waals surface area contributed by atoms with E-state index in [9.17, 15) is 14.9 Å². The first-order chi connectivity index (χ1) is 18.2. The molecule has 38 heavy (non-hydrogen) atoms. The van der Waals surface area contributed by atoms with E-state index in [1.807, 2.05) is 32.0 Å². The molecule has 0 saturated heterocycles. The van der Waals surface area contributed by atoms with Crippen LogP contribution in [-0.4, -0.2) is 31.2 Å². The fourth-order valence-electron chi connectivity index (χ4n) is 3.46. The molecule has 10 heteroatoms. The first-order valence-corrected chi connectivity index (χ1v) is 13.1. The number of carbonyl (C=O) groups is 2. The van der Waals surface area contributed by atoms with Crippen LogP contribution in [0, 0.1) is 20.8 Å². The molecule has 0 aliphatic carbocycles. The van der Waals surface area contributed by atoms with E-state index in [1.54, 1.807) is 42.5 Å². The highest BCUT2D eigenvalue weighted by atomic mass is 127. The molecule has 3 rings (SSSR count). The number of hydrogen-bond donors (Lipinski definition) is 2. The lowest BCUT2D eigenvalue weighted by Crippen LogP contribution is -2.48. The van der Waals surface area contributed by atoms with Crippen LogP contribution < -0.4 is 20.2 Å². The van der Waals surface area contributed by atoms with E-state index in [-0.39, 0.29) is 18.4 Å². The van der Waals surface area contributed by atoms with Gasteiger partial charge >= 0.3 is 0 Å². The fourth-order valence-corrected chi connectivity index (χ4v) is 4.37. The quantitative estimate of drug-likeness (QED) is 0.177. The molecule has 0 spiro atoms. The molecule has 3 aromatic rings. The Hall–Kier alpha value is -3.62. The Balaban J connectivity index is 1.67. The van der Waals surface area contributed by atoms with Crippen LogP contribution in [0.3, 0.4) is 0 Å². The molecule has 0 fully saturated rings. The lowest BCUT2D eigenvalue weighted by Gasteiger charge is -2.20. The van der Waals surface area contributed by atoms with Gasteiger partial charge in [0.05, 0.1) is 28.5 Å². The lowest BCUT2D eigenvalue weighted by atomic mass is 10.0. The van der Waals surface area contributed by atoms with Crippen molar-refractivity contribution >= 4 is 52.2 Å². The monoisotopic (exact) mass is 644 g/mol. The Morgan fingerprint density at radius 3 is 2.53 bits per heavy atom. The van der Waals surface area contributed by atoms with Crippen molar-refractivity contribution in [3.05, 3.63) is 91.5 Å². The third-order valence-electron chi connectivity index (χ3n) is 5.49. The first kappa shape index (κ1) is 28.9. The largest absolute Gasteiger partial charge is 0.493 e. The molecular weight excluding hydrogens is 619 g/mol. The minimum atomic E-state index is -0.794. The molecule has 196 valence electrons. The van der Waals surface area contributed by atoms with Gasteiger partial charge in [0.1, 0.15) is 12.6 Å². The van der Waals surface area contributed by atoms with Gasteiger partial charge in [-0.05, 0) is 76.5 Å². The Labute approximate surface area is 240 Å². The number of ether oxygens (including phenoxy) is 2. The van der Waals surface area contributed by atoms with Gasteiger partial charge in [-0.3, -0.25) is 9.59 Å². The number of halogens is 2. The molecule has 0 bridgehead atoms. The average molecular weight is 645 g/mol. The van der Waals surface area contributed by atoms with Crippen molar-refractivity contribution in [3.63, 3.8) is 0 Å². The van der Waals surface area contributed by atoms with Gasteiger partial charge in [-0.15, -0.1) is 0 Å². The average Bonchev–Trinajstić information content (AvgIpc) is 2.90. The second-order valence-electron chi connectivity index (χ2n) is 8.53. The molecule has 1 unspecified atom stereocenters. The molecule has 0 radical (unpaired) electrons. The molecule has 0 aromatic heterocycles. The zero-order chi connectivity index (χ0) is 27.7. The van der Waals surface area contributed by atoms with E-state index in [0.29, 0.717) is 33.2 Å². The van der Waals surface area contributed by atoms with Gasteiger partial charge in [-0.25, -0.2) is 5.43 Å². The maximum Gasteiger partial charge on any atom is 0.262 e. The van der Waals surface area contributed by atoms with E-state index >= 15 is 0 Å². The number of hydrogen-bond acceptors (Lipinski definition) is 6. The minimum absolute atomic E-state index is 0.176. The second-order valence-corrected chi connectivity index (χ2v) is 10.1. The van der Waals surface area contributed by atoms with Gasteiger partial charge < -0.3 is 14.8 Å². The SMILES string of the molecule is COc1cc(/C=N/NC(=O)C(NC(=O)c2ccc(Cl)cc2)C(C)C)cc(I)c1OCc1ccccc1C#N. The number of hydrazone groups is 1. The normalized spacial score (nSPS) is 11.6. The minimum Gasteiger partial charge on any atom is -0.493 e. The zero-order valence-corrected chi connectivity index (χ0v) is 23.9. The van der Waals surface area contributed by atoms with Crippen LogP contribution in [0.5, 0.6) is 11.5 Å². The number of nitrogens with one attached hydrogen (secondary N) is 2. The highest BCUT2D eigenvalue weighted by Gasteiger charge is 2.24. The predicted octanol–water partition coefficient (Wildman–Crippen LogP) is 5.31. The van der Waals surface area contributed by atoms with Crippen LogP contribution >= 0.6 is 34.2 Å². The summed E-state index contributed by atoms with van der Waals surface area (Å²) < 4.78 is 12.2. The van der Waals surface area contributed by atoms with E-state index in [4.69, 9.17) is 21.1 Å². The van der Waals surface area contributed by atoms with Gasteiger partial charge in [0.15, 0.2) is 11.5 Å². The number of amides is 2. The Morgan fingerprint density at radius 2 is 1.87 bits per heavy atom. The molecule has 2 amide bonds. The van der Waals surface area contributed by atoms with Gasteiger partial charge in [0.2, 0.25) is 0 Å². The van der Waals surface area contributed by atoms with Crippen molar-refractivity contribution in [3.8, 4) is 17.6 Å². The number of benzene rings is 3. The van der Waals surface area contributed by atoms with Crippen LogP contribution in [0.15, 0.2) is 65.8 Å². The lowest BCUT2D eigenvalue weighted by molar-refractivity contribution is -0.123. The van der Waals surface area contributed by atoms with Gasteiger partial charge in [-0.1, -0.05) is 43.6 Å². The topological polar surface area (TPSA) is 113 Å². The molecule has 0 heterocycles. The number of methoxy groups -OCH3 is 1. The maximum atomic E-state index is 12.8. The maximum absolute atomic E-state index is 12.8. The molecule has 2 N–H and O–H groups in total. The highest BCUT2D eigenvalue weighted by molar-refractivity contribution is 14.1. The summed E-state index contributed by atoms with van der Waals surface area (Å²) in [6.07, 6.45) is 1.48. The Morgan fingerprint density at radius 1 is 1.16 bits per heavy atom. The predicted molar refractivity (Wildman–Crippen MR) is 154 cm³/mol. The summed E-state index contributed by atoms with van der Waals surface area (Å²) in [5.41, 5.74) is 4.88. The van der Waals surface area contributed by atoms with E-state index in [1.165, 1.54) is 13.3 Å². The van der Waals surface area contributed by atoms with Crippen molar-refractivity contribution < 1.29 is 19.1 Å². The Kier molecular flexibility index (Phi) is 10.5. The third-order valence-corrected chi connectivity index (χ3v) is 6.55. The van der Waals surface area contributed by atoms with Gasteiger partial charge in [0, 0.05) is 16.1 Å². The number of rotatable bonds is 10. The van der Waals surface area contributed by atoms with Crippen molar-refractivity contribution in [2.45, 2.75) is 26.5 Å². The number of carbonyl (C=O) groups excluding carboxylic acids is 2. The molecule has 0 saturated carbocycles. The summed E-state index contributed by atoms with van der Waals surface area (Å²) in [7, 11) is 1.53. The Bertz CT molecular complexity index is 1370. The summed E-state index contributed by atoms with van der Waals surface area (Å²) >= 11 is 8.01. The smallest absolute Gasteiger partial charge is 0.262 e. The van der Waals surface area contributed by atoms with Crippen LogP contribution in [-0.2, 0) is 11.4 Å². The van der Waals surface area contributed by atoms with Crippen LogP contribution in [0.1, 0.15) is 40.9 Å². The number of nitriles is 1. The van der Waals surface area contributed by atoms with Crippen LogP contribution in [0.25, 0.3) is 0 Å². The molecule has 0 aliphatic heterocycles. The third kappa shape index (κ3) is 7.69. The molecular formula is C28H26ClIN4O4. The molecule has 8 nitrogen and oxygen atoms in total. The van der Waals surface area contributed by atoms with Crippen molar-refractivity contribution in [1.82, 2.24) is 10.7 Å². The molecule has 0 aliphatic rings. The van der Waals surface area contributed by atoms with E-state index in [2.05, 4.69) is 44.5 Å². The van der Waals surface area contributed by atoms with Crippen LogP contribution in [0.4, 0.5) is 0 Å². The molecule has 1 atom stereocenters. The highest BCUT2D eigenvalue weighted by Crippen LogP contribution is 2.34. The van der Waals surface area contributed by atoms with Crippen molar-refractivity contribution in [1.29, 1.82) is 5.26 Å². The molecule has 3 aromatic carbocycles. The van der Waals surface area contributed by atoms with Gasteiger partial charge in [-0.2, -0.15) is 10.4 Å². The van der Waals surface area contributed by atoms with Gasteiger partial charge in [0.25, 0.3) is 11.8 Å². The summed E-state index contributed by atoms with van der Waals surface area (Å²) in [6, 6.07) is 18.6.